The molecular weight excluding hydrogens is 428 g/mol. The van der Waals surface area contributed by atoms with Crippen molar-refractivity contribution in [3.8, 4) is 0 Å². The molecule has 0 aliphatic heterocycles. The van der Waals surface area contributed by atoms with E-state index in [0.717, 1.165) is 0 Å². The van der Waals surface area contributed by atoms with Crippen LogP contribution in [0, 0.1) is 5.92 Å². The second kappa shape index (κ2) is 14.2. The Labute approximate surface area is 186 Å². The second-order valence-electron chi connectivity index (χ2n) is 7.86. The largest absolute Gasteiger partial charge is 0.480 e. The predicted molar refractivity (Wildman–Crippen MR) is 117 cm³/mol. The van der Waals surface area contributed by atoms with E-state index in [4.69, 9.17) is 5.73 Å². The van der Waals surface area contributed by atoms with Crippen LogP contribution < -0.4 is 21.7 Å². The molecule has 12 heteroatoms. The fourth-order valence-electron chi connectivity index (χ4n) is 2.61. The van der Waals surface area contributed by atoms with E-state index < -0.39 is 60.1 Å². The van der Waals surface area contributed by atoms with Gasteiger partial charge in [0.25, 0.3) is 0 Å². The molecule has 180 valence electrons. The number of thioether (sulfide) groups is 1. The fourth-order valence-corrected chi connectivity index (χ4v) is 3.08. The lowest BCUT2D eigenvalue weighted by molar-refractivity contribution is -0.145. The number of rotatable bonds is 14. The Morgan fingerprint density at radius 1 is 0.871 bits per heavy atom. The molecule has 0 fully saturated rings. The Hall–Kier alpha value is -1.89. The molecule has 0 saturated heterocycles. The lowest BCUT2D eigenvalue weighted by Crippen LogP contribution is -2.59. The first kappa shape index (κ1) is 29.1. The van der Waals surface area contributed by atoms with Crippen molar-refractivity contribution in [3.05, 3.63) is 0 Å². The molecule has 11 nitrogen and oxygen atoms in total. The summed E-state index contributed by atoms with van der Waals surface area (Å²) in [5, 5.41) is 35.6. The van der Waals surface area contributed by atoms with Gasteiger partial charge >= 0.3 is 5.97 Å². The van der Waals surface area contributed by atoms with Gasteiger partial charge in [-0.2, -0.15) is 11.8 Å². The number of aliphatic carboxylic acids is 1. The number of nitrogens with one attached hydrogen (secondary N) is 3. The Morgan fingerprint density at radius 3 is 1.81 bits per heavy atom. The van der Waals surface area contributed by atoms with Crippen LogP contribution in [0.15, 0.2) is 0 Å². The fraction of sp³-hybridized carbons (Fsp3) is 0.789. The van der Waals surface area contributed by atoms with E-state index >= 15 is 0 Å². The Bertz CT molecular complexity index is 616. The first-order chi connectivity index (χ1) is 14.3. The van der Waals surface area contributed by atoms with Crippen LogP contribution in [0.2, 0.25) is 0 Å². The van der Waals surface area contributed by atoms with Crippen molar-refractivity contribution in [3.63, 3.8) is 0 Å². The van der Waals surface area contributed by atoms with E-state index in [1.807, 2.05) is 20.1 Å². The molecule has 0 aromatic carbocycles. The van der Waals surface area contributed by atoms with Crippen molar-refractivity contribution in [2.75, 3.05) is 12.0 Å². The molecule has 0 aliphatic rings. The summed E-state index contributed by atoms with van der Waals surface area (Å²) in [6, 6.07) is -4.83. The molecule has 8 N–H and O–H groups in total. The maximum Gasteiger partial charge on any atom is 0.328 e. The van der Waals surface area contributed by atoms with Gasteiger partial charge in [0.15, 0.2) is 6.04 Å². The highest BCUT2D eigenvalue weighted by atomic mass is 32.2. The van der Waals surface area contributed by atoms with E-state index in [1.165, 1.54) is 25.6 Å². The average molecular weight is 465 g/mol. The summed E-state index contributed by atoms with van der Waals surface area (Å²) in [5.74, 6) is -2.99. The third kappa shape index (κ3) is 10.8. The summed E-state index contributed by atoms with van der Waals surface area (Å²) in [6.07, 6.45) is -0.160. The Balaban J connectivity index is 5.46. The number of nitrogens with two attached hydrogens (primary N) is 1. The van der Waals surface area contributed by atoms with Crippen molar-refractivity contribution in [1.29, 1.82) is 0 Å². The number of aliphatic hydroxyl groups excluding tert-OH is 2. The molecule has 0 spiro atoms. The number of hydrogen-bond donors (Lipinski definition) is 7. The maximum atomic E-state index is 12.8. The average Bonchev–Trinajstić information content (AvgIpc) is 2.66. The first-order valence-electron chi connectivity index (χ1n) is 10.1. The molecule has 0 aromatic rings. The molecule has 3 amide bonds. The summed E-state index contributed by atoms with van der Waals surface area (Å²) >= 11 is 1.46. The zero-order valence-electron chi connectivity index (χ0n) is 18.6. The van der Waals surface area contributed by atoms with E-state index in [1.54, 1.807) is 0 Å². The van der Waals surface area contributed by atoms with Gasteiger partial charge < -0.3 is 37.0 Å². The van der Waals surface area contributed by atoms with Gasteiger partial charge in [0, 0.05) is 0 Å². The third-order valence-corrected chi connectivity index (χ3v) is 5.10. The van der Waals surface area contributed by atoms with Crippen LogP contribution >= 0.6 is 11.8 Å². The smallest absolute Gasteiger partial charge is 0.328 e. The second-order valence-corrected chi connectivity index (χ2v) is 8.85. The van der Waals surface area contributed by atoms with Gasteiger partial charge in [0.2, 0.25) is 17.7 Å². The number of aliphatic hydroxyl groups is 2. The molecule has 31 heavy (non-hydrogen) atoms. The normalized spacial score (nSPS) is 17.1. The van der Waals surface area contributed by atoms with Crippen LogP contribution in [0.4, 0.5) is 0 Å². The summed E-state index contributed by atoms with van der Waals surface area (Å²) < 4.78 is 0. The topological polar surface area (TPSA) is 191 Å². The monoisotopic (exact) mass is 464 g/mol. The minimum atomic E-state index is -1.53. The van der Waals surface area contributed by atoms with Gasteiger partial charge in [-0.15, -0.1) is 0 Å². The molecule has 0 heterocycles. The SMILES string of the molecule is CSCCC(NC(=O)C(N)C(C)O)C(=O)NC(CC(C)C)C(=O)NC(C(=O)O)C(C)O. The van der Waals surface area contributed by atoms with Gasteiger partial charge in [0.1, 0.15) is 18.1 Å². The molecule has 0 radical (unpaired) electrons. The standard InChI is InChI=1S/C19H36N4O7S/c1-9(2)8-13(17(27)23-15(11(4)25)19(29)30)22-16(26)12(6-7-31-5)21-18(28)14(20)10(3)24/h9-15,24-25H,6-8,20H2,1-5H3,(H,21,28)(H,22,26)(H,23,27)(H,29,30). The minimum absolute atomic E-state index is 0.0197. The van der Waals surface area contributed by atoms with E-state index in [2.05, 4.69) is 16.0 Å². The molecule has 0 rings (SSSR count). The summed E-state index contributed by atoms with van der Waals surface area (Å²) in [7, 11) is 0. The third-order valence-electron chi connectivity index (χ3n) is 4.45. The molecule has 0 saturated carbocycles. The van der Waals surface area contributed by atoms with E-state index in [9.17, 15) is 34.5 Å². The maximum absolute atomic E-state index is 12.8. The number of carbonyl (C=O) groups is 4. The lowest BCUT2D eigenvalue weighted by atomic mass is 10.0. The van der Waals surface area contributed by atoms with E-state index in [0.29, 0.717) is 5.75 Å². The highest BCUT2D eigenvalue weighted by molar-refractivity contribution is 7.98. The predicted octanol–water partition coefficient (Wildman–Crippen LogP) is -1.59. The molecule has 0 bridgehead atoms. The molecule has 6 unspecified atom stereocenters. The molecule has 0 aromatic heterocycles. The first-order valence-corrected chi connectivity index (χ1v) is 11.5. The van der Waals surface area contributed by atoms with Crippen LogP contribution in [0.1, 0.15) is 40.5 Å². The number of carboxylic acid groups (broad SMARTS) is 1. The summed E-state index contributed by atoms with van der Waals surface area (Å²) in [6.45, 7) is 6.23. The highest BCUT2D eigenvalue weighted by Crippen LogP contribution is 2.08. The minimum Gasteiger partial charge on any atom is -0.480 e. The van der Waals surface area contributed by atoms with Crippen LogP contribution in [-0.4, -0.2) is 87.4 Å². The van der Waals surface area contributed by atoms with Gasteiger partial charge in [-0.3, -0.25) is 14.4 Å². The molecular formula is C19H36N4O7S. The van der Waals surface area contributed by atoms with Crippen LogP contribution in [-0.2, 0) is 19.2 Å². The molecule has 0 aliphatic carbocycles. The van der Waals surface area contributed by atoms with Gasteiger partial charge in [-0.05, 0) is 44.6 Å². The van der Waals surface area contributed by atoms with Crippen molar-refractivity contribution in [2.45, 2.75) is 76.9 Å². The lowest BCUT2D eigenvalue weighted by Gasteiger charge is -2.26. The summed E-state index contributed by atoms with van der Waals surface area (Å²) in [4.78, 5) is 49.0. The van der Waals surface area contributed by atoms with Gasteiger partial charge in [-0.25, -0.2) is 4.79 Å². The highest BCUT2D eigenvalue weighted by Gasteiger charge is 2.32. The van der Waals surface area contributed by atoms with Crippen LogP contribution in [0.3, 0.4) is 0 Å². The van der Waals surface area contributed by atoms with E-state index in [-0.39, 0.29) is 18.8 Å². The Morgan fingerprint density at radius 2 is 1.39 bits per heavy atom. The van der Waals surface area contributed by atoms with Crippen LogP contribution in [0.5, 0.6) is 0 Å². The zero-order chi connectivity index (χ0) is 24.3. The zero-order valence-corrected chi connectivity index (χ0v) is 19.4. The summed E-state index contributed by atoms with van der Waals surface area (Å²) in [5.41, 5.74) is 5.62. The Kier molecular flexibility index (Phi) is 13.4. The van der Waals surface area contributed by atoms with Crippen molar-refractivity contribution in [1.82, 2.24) is 16.0 Å². The van der Waals surface area contributed by atoms with Gasteiger partial charge in [0.05, 0.1) is 12.2 Å². The van der Waals surface area contributed by atoms with Crippen molar-refractivity contribution >= 4 is 35.5 Å². The quantitative estimate of drug-likeness (QED) is 0.159. The van der Waals surface area contributed by atoms with Crippen molar-refractivity contribution < 1.29 is 34.5 Å². The number of carbonyl (C=O) groups excluding carboxylic acids is 3. The number of carboxylic acids is 1. The van der Waals surface area contributed by atoms with Gasteiger partial charge in [-0.1, -0.05) is 13.8 Å². The van der Waals surface area contributed by atoms with Crippen molar-refractivity contribution in [2.24, 2.45) is 11.7 Å². The number of hydrogen-bond acceptors (Lipinski definition) is 8. The molecule has 6 atom stereocenters. The van der Waals surface area contributed by atoms with Crippen LogP contribution in [0.25, 0.3) is 0 Å². The number of amides is 3.